The molecule has 0 spiro atoms. The number of para-hydroxylation sites is 1. The van der Waals surface area contributed by atoms with E-state index >= 15 is 0 Å². The Morgan fingerprint density at radius 3 is 2.41 bits per heavy atom. The van der Waals surface area contributed by atoms with E-state index in [0.717, 1.165) is 16.7 Å². The van der Waals surface area contributed by atoms with Gasteiger partial charge in [0.2, 0.25) is 0 Å². The molecule has 1 saturated heterocycles. The van der Waals surface area contributed by atoms with Crippen LogP contribution < -0.4 is 5.32 Å². The smallest absolute Gasteiger partial charge is 0.255 e. The van der Waals surface area contributed by atoms with Crippen LogP contribution in [0.3, 0.4) is 0 Å². The third kappa shape index (κ3) is 3.76. The second-order valence-electron chi connectivity index (χ2n) is 5.61. The zero-order chi connectivity index (χ0) is 15.4. The first-order chi connectivity index (χ1) is 10.7. The molecule has 2 aromatic rings. The van der Waals surface area contributed by atoms with Crippen LogP contribution in [-0.4, -0.2) is 23.9 Å². The Labute approximate surface area is 139 Å². The second-order valence-corrected chi connectivity index (χ2v) is 6.47. The van der Waals surface area contributed by atoms with Crippen LogP contribution in [0, 0.1) is 0 Å². The molecule has 1 N–H and O–H groups in total. The molecule has 1 aliphatic heterocycles. The lowest BCUT2D eigenvalue weighted by molar-refractivity contribution is 0.102. The van der Waals surface area contributed by atoms with Crippen LogP contribution in [0.2, 0.25) is 0 Å². The van der Waals surface area contributed by atoms with E-state index in [9.17, 15) is 4.79 Å². The third-order valence-electron chi connectivity index (χ3n) is 3.94. The van der Waals surface area contributed by atoms with Gasteiger partial charge in [-0.3, -0.25) is 9.69 Å². The quantitative estimate of drug-likeness (QED) is 0.883. The lowest BCUT2D eigenvalue weighted by Crippen LogP contribution is -2.18. The van der Waals surface area contributed by atoms with Crippen LogP contribution in [0.15, 0.2) is 53.0 Å². The highest BCUT2D eigenvalue weighted by Gasteiger charge is 2.12. The van der Waals surface area contributed by atoms with Crippen molar-refractivity contribution in [2.75, 3.05) is 18.4 Å². The lowest BCUT2D eigenvalue weighted by atomic mass is 10.1. The van der Waals surface area contributed by atoms with Gasteiger partial charge in [0, 0.05) is 16.6 Å². The SMILES string of the molecule is O=C(Nc1ccccc1Br)c1ccc(CN2CCCC2)cc1. The van der Waals surface area contributed by atoms with Crippen LogP contribution in [0.1, 0.15) is 28.8 Å². The number of carbonyl (C=O) groups is 1. The predicted octanol–water partition coefficient (Wildman–Crippen LogP) is 4.30. The average molecular weight is 359 g/mol. The van der Waals surface area contributed by atoms with Gasteiger partial charge in [-0.2, -0.15) is 0 Å². The highest BCUT2D eigenvalue weighted by molar-refractivity contribution is 9.10. The highest BCUT2D eigenvalue weighted by atomic mass is 79.9. The van der Waals surface area contributed by atoms with Gasteiger partial charge in [-0.25, -0.2) is 0 Å². The van der Waals surface area contributed by atoms with Crippen molar-refractivity contribution in [2.24, 2.45) is 0 Å². The lowest BCUT2D eigenvalue weighted by Gasteiger charge is -2.14. The number of nitrogens with zero attached hydrogens (tertiary/aromatic N) is 1. The third-order valence-corrected chi connectivity index (χ3v) is 4.63. The Morgan fingerprint density at radius 2 is 1.73 bits per heavy atom. The molecule has 3 nitrogen and oxygen atoms in total. The van der Waals surface area contributed by atoms with Gasteiger partial charge in [0.15, 0.2) is 0 Å². The van der Waals surface area contributed by atoms with Crippen molar-refractivity contribution >= 4 is 27.5 Å². The number of rotatable bonds is 4. The fourth-order valence-electron chi connectivity index (χ4n) is 2.72. The van der Waals surface area contributed by atoms with E-state index in [1.165, 1.54) is 31.5 Å². The Morgan fingerprint density at radius 1 is 1.05 bits per heavy atom. The van der Waals surface area contributed by atoms with Gasteiger partial charge in [-0.15, -0.1) is 0 Å². The predicted molar refractivity (Wildman–Crippen MR) is 93.0 cm³/mol. The van der Waals surface area contributed by atoms with Crippen LogP contribution in [0.5, 0.6) is 0 Å². The van der Waals surface area contributed by atoms with E-state index in [4.69, 9.17) is 0 Å². The molecule has 0 aliphatic carbocycles. The molecule has 0 saturated carbocycles. The number of amides is 1. The molecule has 0 bridgehead atoms. The number of anilines is 1. The van der Waals surface area contributed by atoms with Crippen LogP contribution in [-0.2, 0) is 6.54 Å². The zero-order valence-corrected chi connectivity index (χ0v) is 14.0. The number of likely N-dealkylation sites (tertiary alicyclic amines) is 1. The first kappa shape index (κ1) is 15.3. The van der Waals surface area contributed by atoms with E-state index in [1.54, 1.807) is 0 Å². The van der Waals surface area contributed by atoms with Gasteiger partial charge in [-0.1, -0.05) is 24.3 Å². The minimum atomic E-state index is -0.0837. The van der Waals surface area contributed by atoms with Crippen LogP contribution >= 0.6 is 15.9 Å². The first-order valence-corrected chi connectivity index (χ1v) is 8.39. The van der Waals surface area contributed by atoms with E-state index in [0.29, 0.717) is 5.56 Å². The van der Waals surface area contributed by atoms with Crippen molar-refractivity contribution in [3.63, 3.8) is 0 Å². The number of nitrogens with one attached hydrogen (secondary N) is 1. The number of halogens is 1. The summed E-state index contributed by atoms with van der Waals surface area (Å²) < 4.78 is 0.883. The average Bonchev–Trinajstić information content (AvgIpc) is 3.03. The molecule has 3 rings (SSSR count). The number of carbonyl (C=O) groups excluding carboxylic acids is 1. The zero-order valence-electron chi connectivity index (χ0n) is 12.4. The van der Waals surface area contributed by atoms with Crippen molar-refractivity contribution in [3.8, 4) is 0 Å². The number of hydrogen-bond acceptors (Lipinski definition) is 2. The molecule has 1 aliphatic rings. The molecule has 0 atom stereocenters. The minimum Gasteiger partial charge on any atom is -0.321 e. The summed E-state index contributed by atoms with van der Waals surface area (Å²) in [6, 6.07) is 15.5. The van der Waals surface area contributed by atoms with Crippen LogP contribution in [0.4, 0.5) is 5.69 Å². The molecule has 0 radical (unpaired) electrons. The van der Waals surface area contributed by atoms with Gasteiger partial charge >= 0.3 is 0 Å². The molecular weight excluding hydrogens is 340 g/mol. The monoisotopic (exact) mass is 358 g/mol. The molecule has 0 unspecified atom stereocenters. The largest absolute Gasteiger partial charge is 0.321 e. The van der Waals surface area contributed by atoms with Gasteiger partial charge < -0.3 is 5.32 Å². The maximum atomic E-state index is 12.3. The van der Waals surface area contributed by atoms with Gasteiger partial charge in [0.25, 0.3) is 5.91 Å². The topological polar surface area (TPSA) is 32.3 Å². The van der Waals surface area contributed by atoms with Crippen molar-refractivity contribution < 1.29 is 4.79 Å². The standard InChI is InChI=1S/C18H19BrN2O/c19-16-5-1-2-6-17(16)20-18(22)15-9-7-14(8-10-15)13-21-11-3-4-12-21/h1-2,5-10H,3-4,11-13H2,(H,20,22). The van der Waals surface area contributed by atoms with Crippen molar-refractivity contribution in [3.05, 3.63) is 64.1 Å². The van der Waals surface area contributed by atoms with Gasteiger partial charge in [0.1, 0.15) is 0 Å². The second kappa shape index (κ2) is 7.07. The van der Waals surface area contributed by atoms with E-state index in [1.807, 2.05) is 48.5 Å². The van der Waals surface area contributed by atoms with Crippen molar-refractivity contribution in [1.29, 1.82) is 0 Å². The molecule has 1 amide bonds. The summed E-state index contributed by atoms with van der Waals surface area (Å²) in [6.07, 6.45) is 2.60. The fraction of sp³-hybridized carbons (Fsp3) is 0.278. The molecule has 0 aromatic heterocycles. The maximum Gasteiger partial charge on any atom is 0.255 e. The van der Waals surface area contributed by atoms with Crippen molar-refractivity contribution in [1.82, 2.24) is 4.90 Å². The summed E-state index contributed by atoms with van der Waals surface area (Å²) in [5.41, 5.74) is 2.73. The minimum absolute atomic E-state index is 0.0837. The van der Waals surface area contributed by atoms with Crippen LogP contribution in [0.25, 0.3) is 0 Å². The van der Waals surface area contributed by atoms with E-state index in [-0.39, 0.29) is 5.91 Å². The summed E-state index contributed by atoms with van der Waals surface area (Å²) in [4.78, 5) is 14.7. The molecule has 22 heavy (non-hydrogen) atoms. The number of benzene rings is 2. The van der Waals surface area contributed by atoms with Gasteiger partial charge in [0.05, 0.1) is 5.69 Å². The van der Waals surface area contributed by atoms with E-state index < -0.39 is 0 Å². The van der Waals surface area contributed by atoms with E-state index in [2.05, 4.69) is 26.1 Å². The fourth-order valence-corrected chi connectivity index (χ4v) is 3.10. The Kier molecular flexibility index (Phi) is 4.90. The summed E-state index contributed by atoms with van der Waals surface area (Å²) in [6.45, 7) is 3.35. The summed E-state index contributed by atoms with van der Waals surface area (Å²) in [7, 11) is 0. The molecule has 1 heterocycles. The molecule has 1 fully saturated rings. The van der Waals surface area contributed by atoms with Gasteiger partial charge in [-0.05, 0) is 71.7 Å². The molecular formula is C18H19BrN2O. The first-order valence-electron chi connectivity index (χ1n) is 7.59. The normalized spacial score (nSPS) is 15.0. The maximum absolute atomic E-state index is 12.3. The molecule has 4 heteroatoms. The molecule has 2 aromatic carbocycles. The van der Waals surface area contributed by atoms with Crippen molar-refractivity contribution in [2.45, 2.75) is 19.4 Å². The Balaban J connectivity index is 1.64. The highest BCUT2D eigenvalue weighted by Crippen LogP contribution is 2.22. The Bertz CT molecular complexity index is 648. The Hall–Kier alpha value is -1.65. The summed E-state index contributed by atoms with van der Waals surface area (Å²) in [5, 5.41) is 2.92. The summed E-state index contributed by atoms with van der Waals surface area (Å²) in [5.74, 6) is -0.0837. The molecule has 114 valence electrons. The number of hydrogen-bond donors (Lipinski definition) is 1. The summed E-state index contributed by atoms with van der Waals surface area (Å²) >= 11 is 3.44.